The molecule has 1 atom stereocenters. The number of aliphatic hydroxyl groups is 1. The molecule has 0 spiro atoms. The van der Waals surface area contributed by atoms with E-state index in [0.29, 0.717) is 5.89 Å². The molecule has 0 saturated heterocycles. The van der Waals surface area contributed by atoms with Crippen LogP contribution >= 0.6 is 0 Å². The number of nitrogens with zero attached hydrogens (tertiary/aromatic N) is 1. The van der Waals surface area contributed by atoms with E-state index in [1.54, 1.807) is 0 Å². The number of oxazole rings is 1. The fraction of sp³-hybridized carbons (Fsp3) is 0.312. The topological polar surface area (TPSA) is 46.3 Å². The first kappa shape index (κ1) is 12.2. The van der Waals surface area contributed by atoms with Crippen LogP contribution in [0.5, 0.6) is 0 Å². The summed E-state index contributed by atoms with van der Waals surface area (Å²) in [6.07, 6.45) is -0.710. The lowest BCUT2D eigenvalue weighted by Crippen LogP contribution is -2.17. The number of benzene rings is 2. The third-order valence-electron chi connectivity index (χ3n) is 3.35. The molecule has 1 heterocycles. The van der Waals surface area contributed by atoms with Gasteiger partial charge in [0.2, 0.25) is 5.89 Å². The second-order valence-corrected chi connectivity index (χ2v) is 5.95. The molecule has 3 rings (SSSR count). The van der Waals surface area contributed by atoms with E-state index in [4.69, 9.17) is 4.42 Å². The summed E-state index contributed by atoms with van der Waals surface area (Å²) in [4.78, 5) is 4.49. The first-order chi connectivity index (χ1) is 8.97. The van der Waals surface area contributed by atoms with Crippen LogP contribution in [0.2, 0.25) is 0 Å². The highest BCUT2D eigenvalue weighted by Crippen LogP contribution is 2.35. The molecule has 98 valence electrons. The molecule has 0 bridgehead atoms. The third kappa shape index (κ3) is 2.00. The zero-order chi connectivity index (χ0) is 13.6. The Kier molecular flexibility index (Phi) is 2.61. The molecular formula is C16H17NO2. The molecule has 3 nitrogen and oxygen atoms in total. The van der Waals surface area contributed by atoms with Gasteiger partial charge in [-0.25, -0.2) is 4.98 Å². The summed E-state index contributed by atoms with van der Waals surface area (Å²) in [5.74, 6) is 0.388. The molecule has 0 fully saturated rings. The van der Waals surface area contributed by atoms with Crippen molar-refractivity contribution >= 4 is 21.9 Å². The highest BCUT2D eigenvalue weighted by Gasteiger charge is 2.28. The molecule has 1 aromatic heterocycles. The Morgan fingerprint density at radius 1 is 1.11 bits per heavy atom. The Hall–Kier alpha value is -1.87. The molecule has 3 heteroatoms. The van der Waals surface area contributed by atoms with Gasteiger partial charge in [-0.1, -0.05) is 51.1 Å². The number of hydrogen-bond acceptors (Lipinski definition) is 3. The van der Waals surface area contributed by atoms with Gasteiger partial charge in [0, 0.05) is 5.39 Å². The van der Waals surface area contributed by atoms with Crippen molar-refractivity contribution in [3.63, 3.8) is 0 Å². The van der Waals surface area contributed by atoms with Crippen molar-refractivity contribution in [1.82, 2.24) is 4.98 Å². The van der Waals surface area contributed by atoms with Crippen LogP contribution in [0, 0.1) is 5.41 Å². The summed E-state index contributed by atoms with van der Waals surface area (Å²) >= 11 is 0. The van der Waals surface area contributed by atoms with E-state index >= 15 is 0 Å². The second kappa shape index (κ2) is 4.07. The summed E-state index contributed by atoms with van der Waals surface area (Å²) < 4.78 is 5.70. The van der Waals surface area contributed by atoms with Crippen LogP contribution in [0.1, 0.15) is 32.8 Å². The van der Waals surface area contributed by atoms with Gasteiger partial charge in [-0.3, -0.25) is 0 Å². The van der Waals surface area contributed by atoms with Crippen LogP contribution in [-0.2, 0) is 0 Å². The third-order valence-corrected chi connectivity index (χ3v) is 3.35. The van der Waals surface area contributed by atoms with Gasteiger partial charge >= 0.3 is 0 Å². The average Bonchev–Trinajstić information content (AvgIpc) is 2.80. The molecule has 1 N–H and O–H groups in total. The fourth-order valence-electron chi connectivity index (χ4n) is 2.17. The van der Waals surface area contributed by atoms with Gasteiger partial charge in [0.05, 0.1) is 0 Å². The van der Waals surface area contributed by atoms with E-state index in [-0.39, 0.29) is 5.41 Å². The highest BCUT2D eigenvalue weighted by atomic mass is 16.4. The molecule has 0 aliphatic heterocycles. The standard InChI is InChI=1S/C16H17NO2/c1-16(2,3)14(18)15-17-13-11-7-5-4-6-10(11)8-9-12(13)19-15/h4-9,14,18H,1-3H3. The van der Waals surface area contributed by atoms with Crippen LogP contribution < -0.4 is 0 Å². The summed E-state index contributed by atoms with van der Waals surface area (Å²) in [7, 11) is 0. The summed E-state index contributed by atoms with van der Waals surface area (Å²) in [5, 5.41) is 12.5. The second-order valence-electron chi connectivity index (χ2n) is 5.95. The highest BCUT2D eigenvalue weighted by molar-refractivity contribution is 6.03. The van der Waals surface area contributed by atoms with E-state index < -0.39 is 6.10 Å². The fourth-order valence-corrected chi connectivity index (χ4v) is 2.17. The first-order valence-electron chi connectivity index (χ1n) is 6.43. The van der Waals surface area contributed by atoms with Gasteiger partial charge in [-0.15, -0.1) is 0 Å². The van der Waals surface area contributed by atoms with Crippen molar-refractivity contribution in [3.8, 4) is 0 Å². The monoisotopic (exact) mass is 255 g/mol. The minimum absolute atomic E-state index is 0.295. The number of aliphatic hydroxyl groups excluding tert-OH is 1. The van der Waals surface area contributed by atoms with Crippen LogP contribution in [0.15, 0.2) is 40.8 Å². The van der Waals surface area contributed by atoms with Crippen molar-refractivity contribution in [3.05, 3.63) is 42.3 Å². The summed E-state index contributed by atoms with van der Waals surface area (Å²) in [5.41, 5.74) is 1.24. The predicted molar refractivity (Wildman–Crippen MR) is 75.9 cm³/mol. The molecule has 0 aliphatic carbocycles. The predicted octanol–water partition coefficient (Wildman–Crippen LogP) is 4.06. The van der Waals surface area contributed by atoms with Gasteiger partial charge in [0.15, 0.2) is 5.58 Å². The average molecular weight is 255 g/mol. The zero-order valence-electron chi connectivity index (χ0n) is 11.3. The van der Waals surface area contributed by atoms with Crippen molar-refractivity contribution in [1.29, 1.82) is 0 Å². The smallest absolute Gasteiger partial charge is 0.224 e. The summed E-state index contributed by atoms with van der Waals surface area (Å²) in [6.45, 7) is 5.89. The van der Waals surface area contributed by atoms with Crippen molar-refractivity contribution in [2.24, 2.45) is 5.41 Å². The lowest BCUT2D eigenvalue weighted by atomic mass is 9.89. The molecule has 0 saturated carbocycles. The van der Waals surface area contributed by atoms with Crippen LogP contribution in [0.25, 0.3) is 21.9 Å². The van der Waals surface area contributed by atoms with E-state index in [0.717, 1.165) is 21.9 Å². The number of hydrogen-bond donors (Lipinski definition) is 1. The van der Waals surface area contributed by atoms with E-state index in [2.05, 4.69) is 4.98 Å². The minimum atomic E-state index is -0.710. The SMILES string of the molecule is CC(C)(C)C(O)c1nc2c(ccc3ccccc32)o1. The quantitative estimate of drug-likeness (QED) is 0.713. The Morgan fingerprint density at radius 2 is 1.84 bits per heavy atom. The first-order valence-corrected chi connectivity index (χ1v) is 6.43. The van der Waals surface area contributed by atoms with Crippen LogP contribution in [-0.4, -0.2) is 10.1 Å². The Bertz CT molecular complexity index is 737. The molecule has 0 radical (unpaired) electrons. The summed E-state index contributed by atoms with van der Waals surface area (Å²) in [6, 6.07) is 12.0. The Balaban J connectivity index is 2.23. The Labute approximate surface area is 111 Å². The molecule has 1 unspecified atom stereocenters. The zero-order valence-corrected chi connectivity index (χ0v) is 11.3. The largest absolute Gasteiger partial charge is 0.438 e. The van der Waals surface area contributed by atoms with Gasteiger partial charge in [-0.05, 0) is 16.9 Å². The molecule has 0 aliphatic rings. The van der Waals surface area contributed by atoms with Crippen molar-refractivity contribution in [2.45, 2.75) is 26.9 Å². The molecule has 0 amide bonds. The lowest BCUT2D eigenvalue weighted by Gasteiger charge is -2.22. The van der Waals surface area contributed by atoms with Gasteiger partial charge in [-0.2, -0.15) is 0 Å². The van der Waals surface area contributed by atoms with E-state index in [1.807, 2.05) is 57.2 Å². The molecular weight excluding hydrogens is 238 g/mol. The van der Waals surface area contributed by atoms with E-state index in [1.165, 1.54) is 0 Å². The van der Waals surface area contributed by atoms with Crippen LogP contribution in [0.4, 0.5) is 0 Å². The minimum Gasteiger partial charge on any atom is -0.438 e. The van der Waals surface area contributed by atoms with Crippen LogP contribution in [0.3, 0.4) is 0 Å². The number of aromatic nitrogens is 1. The molecule has 2 aromatic carbocycles. The maximum Gasteiger partial charge on any atom is 0.224 e. The lowest BCUT2D eigenvalue weighted by molar-refractivity contribution is 0.0402. The maximum atomic E-state index is 10.3. The van der Waals surface area contributed by atoms with Crippen molar-refractivity contribution < 1.29 is 9.52 Å². The van der Waals surface area contributed by atoms with Gasteiger partial charge < -0.3 is 9.52 Å². The van der Waals surface area contributed by atoms with E-state index in [9.17, 15) is 5.11 Å². The molecule has 19 heavy (non-hydrogen) atoms. The van der Waals surface area contributed by atoms with Crippen molar-refractivity contribution in [2.75, 3.05) is 0 Å². The maximum absolute atomic E-state index is 10.3. The molecule has 3 aromatic rings. The Morgan fingerprint density at radius 3 is 2.58 bits per heavy atom. The number of rotatable bonds is 1. The van der Waals surface area contributed by atoms with Gasteiger partial charge in [0.25, 0.3) is 0 Å². The number of fused-ring (bicyclic) bond motifs is 3. The normalized spacial score (nSPS) is 14.1. The van der Waals surface area contributed by atoms with Gasteiger partial charge in [0.1, 0.15) is 11.6 Å².